The summed E-state index contributed by atoms with van der Waals surface area (Å²) >= 11 is 0. The van der Waals surface area contributed by atoms with E-state index in [1.54, 1.807) is 6.92 Å². The number of aliphatic hydroxyl groups is 1. The molecule has 2 rings (SSSR count). The molecule has 3 N–H and O–H groups in total. The molecule has 0 spiro atoms. The van der Waals surface area contributed by atoms with E-state index in [0.717, 1.165) is 0 Å². The standard InChI is InChI=1S/C13H17FN2O4S/c1-2-8-5-9(3-4-10(8)14)15-13(18)16-11-6-21(19,20)7-12(11)17/h3-5,11-12,17H,2,6-7H2,1H3,(H2,15,16,18)/t11-,12-/m1/s1. The second-order valence-electron chi connectivity index (χ2n) is 5.01. The molecule has 0 radical (unpaired) electrons. The van der Waals surface area contributed by atoms with Gasteiger partial charge >= 0.3 is 6.03 Å². The number of sulfone groups is 1. The van der Waals surface area contributed by atoms with Gasteiger partial charge < -0.3 is 15.7 Å². The minimum atomic E-state index is -3.32. The molecule has 0 aromatic heterocycles. The highest BCUT2D eigenvalue weighted by molar-refractivity contribution is 7.91. The molecule has 2 atom stereocenters. The molecular formula is C13H17FN2O4S. The maximum atomic E-state index is 13.3. The van der Waals surface area contributed by atoms with E-state index in [2.05, 4.69) is 10.6 Å². The molecule has 0 bridgehead atoms. The molecule has 1 aromatic carbocycles. The van der Waals surface area contributed by atoms with Crippen LogP contribution in [0.1, 0.15) is 12.5 Å². The molecule has 1 fully saturated rings. The summed E-state index contributed by atoms with van der Waals surface area (Å²) in [7, 11) is -3.32. The Hall–Kier alpha value is -1.67. The number of hydrogen-bond donors (Lipinski definition) is 3. The smallest absolute Gasteiger partial charge is 0.319 e. The van der Waals surface area contributed by atoms with Crippen LogP contribution < -0.4 is 10.6 Å². The van der Waals surface area contributed by atoms with Crippen LogP contribution in [-0.2, 0) is 16.3 Å². The molecule has 0 unspecified atom stereocenters. The summed E-state index contributed by atoms with van der Waals surface area (Å²) in [6.45, 7) is 1.79. The van der Waals surface area contributed by atoms with Gasteiger partial charge in [-0.1, -0.05) is 6.92 Å². The molecule has 21 heavy (non-hydrogen) atoms. The fraction of sp³-hybridized carbons (Fsp3) is 0.462. The van der Waals surface area contributed by atoms with Gasteiger partial charge in [0.1, 0.15) is 5.82 Å². The molecule has 1 heterocycles. The van der Waals surface area contributed by atoms with Crippen molar-refractivity contribution in [1.82, 2.24) is 5.32 Å². The SMILES string of the molecule is CCc1cc(NC(=O)N[C@@H]2CS(=O)(=O)C[C@H]2O)ccc1F. The number of anilines is 1. The quantitative estimate of drug-likeness (QED) is 0.763. The maximum Gasteiger partial charge on any atom is 0.319 e. The number of aryl methyl sites for hydroxylation is 1. The van der Waals surface area contributed by atoms with Crippen LogP contribution in [0.5, 0.6) is 0 Å². The third-order valence-corrected chi connectivity index (χ3v) is 5.04. The summed E-state index contributed by atoms with van der Waals surface area (Å²) in [6, 6.07) is 2.71. The van der Waals surface area contributed by atoms with E-state index < -0.39 is 28.0 Å². The summed E-state index contributed by atoms with van der Waals surface area (Å²) in [5, 5.41) is 14.5. The first-order valence-corrected chi connectivity index (χ1v) is 8.37. The summed E-state index contributed by atoms with van der Waals surface area (Å²) in [4.78, 5) is 11.8. The molecule has 8 heteroatoms. The van der Waals surface area contributed by atoms with E-state index >= 15 is 0 Å². The van der Waals surface area contributed by atoms with Gasteiger partial charge in [0, 0.05) is 5.69 Å². The van der Waals surface area contributed by atoms with Crippen molar-refractivity contribution in [3.63, 3.8) is 0 Å². The van der Waals surface area contributed by atoms with Gasteiger partial charge in [-0.2, -0.15) is 0 Å². The number of halogens is 1. The van der Waals surface area contributed by atoms with E-state index in [1.165, 1.54) is 18.2 Å². The van der Waals surface area contributed by atoms with E-state index in [-0.39, 0.29) is 17.3 Å². The Kier molecular flexibility index (Phi) is 4.48. The van der Waals surface area contributed by atoms with Gasteiger partial charge in [-0.25, -0.2) is 17.6 Å². The van der Waals surface area contributed by atoms with Gasteiger partial charge in [0.25, 0.3) is 0 Å². The van der Waals surface area contributed by atoms with Crippen molar-refractivity contribution in [3.05, 3.63) is 29.6 Å². The van der Waals surface area contributed by atoms with E-state index in [0.29, 0.717) is 17.7 Å². The highest BCUT2D eigenvalue weighted by atomic mass is 32.2. The van der Waals surface area contributed by atoms with Gasteiger partial charge in [0.2, 0.25) is 0 Å². The van der Waals surface area contributed by atoms with Crippen LogP contribution >= 0.6 is 0 Å². The zero-order valence-electron chi connectivity index (χ0n) is 11.5. The molecule has 0 aliphatic carbocycles. The Morgan fingerprint density at radius 2 is 2.14 bits per heavy atom. The number of amides is 2. The average molecular weight is 316 g/mol. The number of aliphatic hydroxyl groups excluding tert-OH is 1. The number of nitrogens with one attached hydrogen (secondary N) is 2. The fourth-order valence-electron chi connectivity index (χ4n) is 2.23. The van der Waals surface area contributed by atoms with Gasteiger partial charge in [-0.3, -0.25) is 0 Å². The maximum absolute atomic E-state index is 13.3. The normalized spacial score (nSPS) is 23.8. The van der Waals surface area contributed by atoms with E-state index in [9.17, 15) is 22.7 Å². The lowest BCUT2D eigenvalue weighted by molar-refractivity contribution is 0.167. The molecule has 1 aromatic rings. The zero-order chi connectivity index (χ0) is 15.6. The second-order valence-corrected chi connectivity index (χ2v) is 7.16. The van der Waals surface area contributed by atoms with E-state index in [1.807, 2.05) is 0 Å². The third-order valence-electron chi connectivity index (χ3n) is 3.32. The summed E-state index contributed by atoms with van der Waals surface area (Å²) in [5.41, 5.74) is 0.873. The fourth-order valence-corrected chi connectivity index (χ4v) is 3.97. The largest absolute Gasteiger partial charge is 0.390 e. The Morgan fingerprint density at radius 3 is 2.71 bits per heavy atom. The zero-order valence-corrected chi connectivity index (χ0v) is 12.3. The van der Waals surface area contributed by atoms with Crippen molar-refractivity contribution in [2.45, 2.75) is 25.5 Å². The van der Waals surface area contributed by atoms with Crippen molar-refractivity contribution in [2.75, 3.05) is 16.8 Å². The van der Waals surface area contributed by atoms with Gasteiger partial charge in [0.05, 0.1) is 23.7 Å². The third kappa shape index (κ3) is 3.92. The predicted molar refractivity (Wildman–Crippen MR) is 76.4 cm³/mol. The first-order valence-electron chi connectivity index (χ1n) is 6.55. The summed E-state index contributed by atoms with van der Waals surface area (Å²) in [5.74, 6) is -0.986. The van der Waals surface area contributed by atoms with Crippen molar-refractivity contribution in [1.29, 1.82) is 0 Å². The number of carbonyl (C=O) groups excluding carboxylic acids is 1. The van der Waals surface area contributed by atoms with Gasteiger partial charge in [0.15, 0.2) is 9.84 Å². The van der Waals surface area contributed by atoms with Crippen molar-refractivity contribution >= 4 is 21.6 Å². The van der Waals surface area contributed by atoms with Crippen molar-refractivity contribution in [2.24, 2.45) is 0 Å². The van der Waals surface area contributed by atoms with Gasteiger partial charge in [-0.05, 0) is 30.2 Å². The lowest BCUT2D eigenvalue weighted by atomic mass is 10.1. The monoisotopic (exact) mass is 316 g/mol. The molecule has 116 valence electrons. The number of hydrogen-bond acceptors (Lipinski definition) is 4. The topological polar surface area (TPSA) is 95.5 Å². The number of rotatable bonds is 3. The van der Waals surface area contributed by atoms with Crippen molar-refractivity contribution < 1.29 is 22.7 Å². The highest BCUT2D eigenvalue weighted by Crippen LogP contribution is 2.16. The molecular weight excluding hydrogens is 299 g/mol. The van der Waals surface area contributed by atoms with Crippen LogP contribution in [0.3, 0.4) is 0 Å². The number of carbonyl (C=O) groups is 1. The van der Waals surface area contributed by atoms with E-state index in [4.69, 9.17) is 0 Å². The molecule has 6 nitrogen and oxygen atoms in total. The first-order chi connectivity index (χ1) is 9.80. The minimum absolute atomic E-state index is 0.286. The predicted octanol–water partition coefficient (Wildman–Crippen LogP) is 0.667. The molecule has 1 saturated heterocycles. The van der Waals surface area contributed by atoms with Crippen LogP contribution in [0, 0.1) is 5.82 Å². The highest BCUT2D eigenvalue weighted by Gasteiger charge is 2.37. The molecule has 2 amide bonds. The Balaban J connectivity index is 1.99. The van der Waals surface area contributed by atoms with Crippen LogP contribution in [0.25, 0.3) is 0 Å². The Labute approximate surface area is 122 Å². The minimum Gasteiger partial charge on any atom is -0.390 e. The Morgan fingerprint density at radius 1 is 1.43 bits per heavy atom. The van der Waals surface area contributed by atoms with Gasteiger partial charge in [-0.15, -0.1) is 0 Å². The van der Waals surface area contributed by atoms with Crippen LogP contribution in [0.15, 0.2) is 18.2 Å². The average Bonchev–Trinajstić information content (AvgIpc) is 2.64. The first kappa shape index (κ1) is 15.7. The van der Waals surface area contributed by atoms with Crippen LogP contribution in [-0.4, -0.2) is 43.2 Å². The Bertz CT molecular complexity index is 648. The molecule has 1 aliphatic heterocycles. The van der Waals surface area contributed by atoms with Crippen molar-refractivity contribution in [3.8, 4) is 0 Å². The summed E-state index contributed by atoms with van der Waals surface area (Å²) < 4.78 is 36.0. The number of benzene rings is 1. The summed E-state index contributed by atoms with van der Waals surface area (Å²) in [6.07, 6.45) is -0.622. The second kappa shape index (κ2) is 5.98. The molecule has 0 saturated carbocycles. The number of urea groups is 1. The lowest BCUT2D eigenvalue weighted by Crippen LogP contribution is -2.44. The van der Waals surface area contributed by atoms with Crippen LogP contribution in [0.2, 0.25) is 0 Å². The molecule has 1 aliphatic rings. The van der Waals surface area contributed by atoms with Crippen LogP contribution in [0.4, 0.5) is 14.9 Å². The lowest BCUT2D eigenvalue weighted by Gasteiger charge is -2.15.